The Morgan fingerprint density at radius 3 is 2.60 bits per heavy atom. The van der Waals surface area contributed by atoms with Crippen molar-refractivity contribution in [3.05, 3.63) is 58.5 Å². The summed E-state index contributed by atoms with van der Waals surface area (Å²) in [7, 11) is 0. The molecule has 2 aliphatic rings. The van der Waals surface area contributed by atoms with E-state index in [4.69, 9.17) is 0 Å². The average Bonchev–Trinajstić information content (AvgIpc) is 3.23. The zero-order chi connectivity index (χ0) is 29.9. The number of carbonyl (C=O) groups is 3. The van der Waals surface area contributed by atoms with Gasteiger partial charge in [0, 0.05) is 41.2 Å². The minimum absolute atomic E-state index is 0.179. The third-order valence-corrected chi connectivity index (χ3v) is 8.53. The molecular formula is C28H27BrN8O5. The average molecular weight is 635 g/mol. The second-order valence-corrected chi connectivity index (χ2v) is 11.7. The van der Waals surface area contributed by atoms with Crippen LogP contribution in [0.15, 0.2) is 41.4 Å². The van der Waals surface area contributed by atoms with E-state index >= 15 is 0 Å². The van der Waals surface area contributed by atoms with E-state index in [1.807, 2.05) is 6.92 Å². The highest BCUT2D eigenvalue weighted by Crippen LogP contribution is 2.59. The lowest BCUT2D eigenvalue weighted by Crippen LogP contribution is -2.48. The molecule has 2 amide bonds. The van der Waals surface area contributed by atoms with Gasteiger partial charge in [0.1, 0.15) is 34.5 Å². The Morgan fingerprint density at radius 2 is 1.90 bits per heavy atom. The Hall–Kier alpha value is -4.14. The number of aliphatic hydroxyl groups is 2. The maximum atomic E-state index is 13.8. The number of ketones is 1. The Morgan fingerprint density at radius 1 is 1.17 bits per heavy atom. The third kappa shape index (κ3) is 4.64. The lowest BCUT2D eigenvalue weighted by Gasteiger charge is -2.28. The van der Waals surface area contributed by atoms with Crippen molar-refractivity contribution >= 4 is 50.2 Å². The zero-order valence-electron chi connectivity index (χ0n) is 22.9. The van der Waals surface area contributed by atoms with Crippen molar-refractivity contribution in [3.63, 3.8) is 0 Å². The van der Waals surface area contributed by atoms with Crippen LogP contribution in [0.5, 0.6) is 0 Å². The highest BCUT2D eigenvalue weighted by molar-refractivity contribution is 9.10. The maximum Gasteiger partial charge on any atom is 0.248 e. The van der Waals surface area contributed by atoms with Gasteiger partial charge in [0.15, 0.2) is 5.78 Å². The van der Waals surface area contributed by atoms with Gasteiger partial charge in [-0.25, -0.2) is 15.0 Å². The Bertz CT molecular complexity index is 1760. The monoisotopic (exact) mass is 634 g/mol. The van der Waals surface area contributed by atoms with Gasteiger partial charge in [0.25, 0.3) is 0 Å². The molecule has 42 heavy (non-hydrogen) atoms. The highest BCUT2D eigenvalue weighted by atomic mass is 79.9. The summed E-state index contributed by atoms with van der Waals surface area (Å²) in [5, 5.41) is 28.0. The summed E-state index contributed by atoms with van der Waals surface area (Å²) in [5.74, 6) is -0.414. The SMILES string of the molecule is CC(=O)c1nn(CC(=O)N2[C@H](C(=O)Nc3nc(Br)ccc3CO)C[C@@]3(C)C(O)[C@@H]23)c2cnc(-c3cnc(C)nc3)cc12. The number of Topliss-reactive ketones (excluding diaryl/α,β-unsaturated/α-hetero) is 1. The van der Waals surface area contributed by atoms with E-state index in [9.17, 15) is 24.6 Å². The number of halogens is 1. The number of piperidine rings is 1. The van der Waals surface area contributed by atoms with Gasteiger partial charge in [0.05, 0.1) is 36.2 Å². The number of aliphatic hydroxyl groups excluding tert-OH is 2. The minimum Gasteiger partial charge on any atom is -0.392 e. The van der Waals surface area contributed by atoms with Crippen LogP contribution in [0.2, 0.25) is 0 Å². The van der Waals surface area contributed by atoms with E-state index in [0.29, 0.717) is 38.2 Å². The van der Waals surface area contributed by atoms with E-state index in [0.717, 1.165) is 0 Å². The van der Waals surface area contributed by atoms with E-state index in [2.05, 4.69) is 46.3 Å². The fourth-order valence-electron chi connectivity index (χ4n) is 5.73. The first-order valence-corrected chi connectivity index (χ1v) is 14.0. The number of rotatable bonds is 7. The van der Waals surface area contributed by atoms with Crippen molar-refractivity contribution in [2.24, 2.45) is 5.41 Å². The summed E-state index contributed by atoms with van der Waals surface area (Å²) in [5.41, 5.74) is 1.65. The van der Waals surface area contributed by atoms with Gasteiger partial charge >= 0.3 is 0 Å². The molecule has 216 valence electrons. The summed E-state index contributed by atoms with van der Waals surface area (Å²) in [6.07, 6.45) is 4.30. The fourth-order valence-corrected chi connectivity index (χ4v) is 6.04. The normalized spacial score (nSPS) is 22.7. The lowest BCUT2D eigenvalue weighted by molar-refractivity contribution is -0.139. The summed E-state index contributed by atoms with van der Waals surface area (Å²) in [6, 6.07) is 3.56. The number of amides is 2. The highest BCUT2D eigenvalue weighted by Gasteiger charge is 2.72. The molecule has 1 aliphatic carbocycles. The van der Waals surface area contributed by atoms with E-state index in [-0.39, 0.29) is 36.9 Å². The number of aromatic nitrogens is 6. The number of carbonyl (C=O) groups excluding carboxylic acids is 3. The number of aryl methyl sites for hydroxylation is 1. The molecule has 1 saturated carbocycles. The third-order valence-electron chi connectivity index (χ3n) is 8.09. The molecule has 2 fully saturated rings. The number of likely N-dealkylation sites (tertiary alicyclic amines) is 1. The number of hydrogen-bond acceptors (Lipinski definition) is 10. The van der Waals surface area contributed by atoms with E-state index in [1.54, 1.807) is 37.5 Å². The smallest absolute Gasteiger partial charge is 0.248 e. The van der Waals surface area contributed by atoms with Crippen molar-refractivity contribution in [2.45, 2.75) is 58.5 Å². The molecule has 1 saturated heterocycles. The Kier molecular flexibility index (Phi) is 6.86. The molecule has 4 atom stereocenters. The van der Waals surface area contributed by atoms with Crippen LogP contribution < -0.4 is 5.32 Å². The Balaban J connectivity index is 1.30. The molecule has 14 heteroatoms. The number of hydrogen-bond donors (Lipinski definition) is 3. The van der Waals surface area contributed by atoms with Crippen LogP contribution in [0.25, 0.3) is 22.2 Å². The second-order valence-electron chi connectivity index (χ2n) is 10.9. The van der Waals surface area contributed by atoms with Crippen LogP contribution >= 0.6 is 15.9 Å². The van der Waals surface area contributed by atoms with Crippen molar-refractivity contribution in [1.82, 2.24) is 34.6 Å². The standard InChI is InChI=1S/C28H27BrN8O5/c1-13(39)23-17-6-18(16-8-30-14(2)31-9-16)32-10-20(17)36(35-23)11-22(40)37-19(7-28(3)24(37)25(28)41)27(42)34-26-15(12-38)4-5-21(29)33-26/h4-6,8-10,19,24-25,38,41H,7,11-12H2,1-3H3,(H,33,34,42)/t19-,24+,25?,28+/m0/s1. The second kappa shape index (κ2) is 10.3. The number of nitrogens with one attached hydrogen (secondary N) is 1. The molecule has 1 aliphatic heterocycles. The van der Waals surface area contributed by atoms with Crippen LogP contribution in [-0.4, -0.2) is 80.6 Å². The molecule has 3 N–H and O–H groups in total. The van der Waals surface area contributed by atoms with Crippen molar-refractivity contribution in [1.29, 1.82) is 0 Å². The summed E-state index contributed by atoms with van der Waals surface area (Å²) < 4.78 is 1.87. The molecule has 13 nitrogen and oxygen atoms in total. The number of nitrogens with zero attached hydrogens (tertiary/aromatic N) is 7. The van der Waals surface area contributed by atoms with Crippen molar-refractivity contribution in [3.8, 4) is 11.3 Å². The number of fused-ring (bicyclic) bond motifs is 2. The molecule has 0 aromatic carbocycles. The molecule has 5 heterocycles. The molecule has 6 rings (SSSR count). The van der Waals surface area contributed by atoms with Crippen LogP contribution in [-0.2, 0) is 22.7 Å². The van der Waals surface area contributed by atoms with Gasteiger partial charge in [-0.15, -0.1) is 0 Å². The zero-order valence-corrected chi connectivity index (χ0v) is 24.5. The summed E-state index contributed by atoms with van der Waals surface area (Å²) in [6.45, 7) is 4.39. The molecular weight excluding hydrogens is 608 g/mol. The fraction of sp³-hybridized carbons (Fsp3) is 0.357. The molecule has 0 radical (unpaired) electrons. The summed E-state index contributed by atoms with van der Waals surface area (Å²) >= 11 is 3.27. The van der Waals surface area contributed by atoms with Crippen LogP contribution in [0.3, 0.4) is 0 Å². The van der Waals surface area contributed by atoms with Crippen molar-refractivity contribution in [2.75, 3.05) is 5.32 Å². The number of pyridine rings is 2. The topological polar surface area (TPSA) is 176 Å². The van der Waals surface area contributed by atoms with E-state index < -0.39 is 35.4 Å². The largest absolute Gasteiger partial charge is 0.392 e. The molecule has 4 aromatic rings. The van der Waals surface area contributed by atoms with Gasteiger partial charge in [-0.1, -0.05) is 13.0 Å². The predicted molar refractivity (Wildman–Crippen MR) is 153 cm³/mol. The first-order chi connectivity index (χ1) is 20.0. The minimum atomic E-state index is -0.886. The first kappa shape index (κ1) is 28.0. The number of anilines is 1. The Labute approximate surface area is 248 Å². The molecule has 0 spiro atoms. The molecule has 0 bridgehead atoms. The quantitative estimate of drug-likeness (QED) is 0.201. The maximum absolute atomic E-state index is 13.8. The first-order valence-electron chi connectivity index (χ1n) is 13.2. The van der Waals surface area contributed by atoms with Crippen LogP contribution in [0.1, 0.15) is 42.1 Å². The lowest BCUT2D eigenvalue weighted by atomic mass is 10.0. The predicted octanol–water partition coefficient (Wildman–Crippen LogP) is 2.04. The van der Waals surface area contributed by atoms with Crippen molar-refractivity contribution < 1.29 is 24.6 Å². The van der Waals surface area contributed by atoms with Gasteiger partial charge in [-0.3, -0.25) is 24.0 Å². The van der Waals surface area contributed by atoms with Gasteiger partial charge in [0.2, 0.25) is 11.8 Å². The molecule has 4 aromatic heterocycles. The van der Waals surface area contributed by atoms with Gasteiger partial charge < -0.3 is 20.4 Å². The van der Waals surface area contributed by atoms with Crippen LogP contribution in [0.4, 0.5) is 5.82 Å². The van der Waals surface area contributed by atoms with E-state index in [1.165, 1.54) is 22.7 Å². The molecule has 1 unspecified atom stereocenters. The van der Waals surface area contributed by atoms with Crippen LogP contribution in [0, 0.1) is 12.3 Å². The summed E-state index contributed by atoms with van der Waals surface area (Å²) in [4.78, 5) is 58.4. The van der Waals surface area contributed by atoms with Gasteiger partial charge in [-0.2, -0.15) is 5.10 Å². The van der Waals surface area contributed by atoms with Gasteiger partial charge in [-0.05, 0) is 41.4 Å².